The van der Waals surface area contributed by atoms with Gasteiger partial charge in [-0.3, -0.25) is 0 Å². The van der Waals surface area contributed by atoms with E-state index in [1.807, 2.05) is 0 Å². The van der Waals surface area contributed by atoms with Crippen LogP contribution in [0.5, 0.6) is 0 Å². The summed E-state index contributed by atoms with van der Waals surface area (Å²) in [6, 6.07) is 4.58. The van der Waals surface area contributed by atoms with Crippen LogP contribution in [0.3, 0.4) is 0 Å². The first-order valence-electron chi connectivity index (χ1n) is 2.53. The Morgan fingerprint density at radius 3 is 2.00 bits per heavy atom. The molecule has 0 aliphatic heterocycles. The summed E-state index contributed by atoms with van der Waals surface area (Å²) in [5.74, 6) is 0. The Bertz CT molecular complexity index is 270. The van der Waals surface area contributed by atoms with Crippen molar-refractivity contribution in [2.24, 2.45) is 0 Å². The van der Waals surface area contributed by atoms with Crippen molar-refractivity contribution in [3.05, 3.63) is 33.2 Å². The van der Waals surface area contributed by atoms with Crippen LogP contribution >= 0.6 is 23.2 Å². The van der Waals surface area contributed by atoms with Crippen molar-refractivity contribution in [3.8, 4) is 0 Å². The Labute approximate surface area is 68.0 Å². The second kappa shape index (κ2) is 2.87. The van der Waals surface area contributed by atoms with Crippen LogP contribution in [-0.2, 0) is 0 Å². The van der Waals surface area contributed by atoms with E-state index in [9.17, 15) is 0 Å². The zero-order valence-corrected chi connectivity index (χ0v) is 6.39. The van der Waals surface area contributed by atoms with Crippen LogP contribution in [0, 0.1) is 5.39 Å². The average Bonchev–Trinajstić information content (AvgIpc) is 1.85. The highest BCUT2D eigenvalue weighted by molar-refractivity contribution is 6.35. The van der Waals surface area contributed by atoms with Crippen LogP contribution in [0.4, 0.5) is 5.69 Å². The van der Waals surface area contributed by atoms with Crippen LogP contribution in [0.25, 0.3) is 4.98 Å². The van der Waals surface area contributed by atoms with E-state index >= 15 is 0 Å². The molecule has 0 heterocycles. The normalized spacial score (nSPS) is 8.90. The van der Waals surface area contributed by atoms with Gasteiger partial charge in [-0.25, -0.2) is 0 Å². The van der Waals surface area contributed by atoms with Gasteiger partial charge in [-0.1, -0.05) is 23.2 Å². The SMILES string of the molecule is N#[N+]c1cc(Cl)cc(Cl)c1. The van der Waals surface area contributed by atoms with Crippen molar-refractivity contribution in [3.63, 3.8) is 0 Å². The lowest BCUT2D eigenvalue weighted by Gasteiger charge is -1.85. The van der Waals surface area contributed by atoms with Gasteiger partial charge in [-0.05, 0) is 6.07 Å². The molecule has 0 fully saturated rings. The Hall–Kier alpha value is -0.780. The van der Waals surface area contributed by atoms with Gasteiger partial charge in [-0.2, -0.15) is 0 Å². The van der Waals surface area contributed by atoms with Gasteiger partial charge >= 0.3 is 5.69 Å². The van der Waals surface area contributed by atoms with Gasteiger partial charge in [0.15, 0.2) is 4.98 Å². The van der Waals surface area contributed by atoms with Crippen molar-refractivity contribution in [1.29, 1.82) is 5.39 Å². The third-order valence-corrected chi connectivity index (χ3v) is 1.40. The predicted octanol–water partition coefficient (Wildman–Crippen LogP) is 3.48. The molecule has 0 saturated heterocycles. The van der Waals surface area contributed by atoms with E-state index in [1.54, 1.807) is 6.07 Å². The number of rotatable bonds is 0. The zero-order valence-electron chi connectivity index (χ0n) is 4.88. The van der Waals surface area contributed by atoms with E-state index in [0.29, 0.717) is 15.7 Å². The van der Waals surface area contributed by atoms with Gasteiger partial charge in [0.1, 0.15) is 0 Å². The van der Waals surface area contributed by atoms with E-state index in [4.69, 9.17) is 28.6 Å². The fourth-order valence-corrected chi connectivity index (χ4v) is 1.11. The second-order valence-corrected chi connectivity index (χ2v) is 2.60. The fourth-order valence-electron chi connectivity index (χ4n) is 0.597. The summed E-state index contributed by atoms with van der Waals surface area (Å²) < 4.78 is 0. The molecule has 0 spiro atoms. The summed E-state index contributed by atoms with van der Waals surface area (Å²) in [6.45, 7) is 0. The molecular formula is C6H3Cl2N2+. The molecule has 1 rings (SSSR count). The topological polar surface area (TPSA) is 28.1 Å². The van der Waals surface area contributed by atoms with Gasteiger partial charge in [0.05, 0.1) is 22.2 Å². The molecule has 0 aromatic heterocycles. The van der Waals surface area contributed by atoms with E-state index in [0.717, 1.165) is 0 Å². The maximum atomic E-state index is 8.29. The lowest BCUT2D eigenvalue weighted by molar-refractivity contribution is 1.46. The molecule has 0 N–H and O–H groups in total. The molecule has 1 aromatic rings. The Kier molecular flexibility index (Phi) is 2.10. The van der Waals surface area contributed by atoms with Crippen LogP contribution in [0.2, 0.25) is 10.0 Å². The first kappa shape index (κ1) is 7.33. The molecule has 0 unspecified atom stereocenters. The molecule has 2 nitrogen and oxygen atoms in total. The van der Waals surface area contributed by atoms with E-state index in [-0.39, 0.29) is 0 Å². The van der Waals surface area contributed by atoms with E-state index < -0.39 is 0 Å². The minimum atomic E-state index is 0.359. The molecule has 10 heavy (non-hydrogen) atoms. The number of nitrogens with zero attached hydrogens (tertiary/aromatic N) is 2. The zero-order chi connectivity index (χ0) is 7.56. The van der Waals surface area contributed by atoms with Crippen LogP contribution in [0.15, 0.2) is 18.2 Å². The average molecular weight is 174 g/mol. The molecular weight excluding hydrogens is 171 g/mol. The number of halogens is 2. The number of hydrogen-bond acceptors (Lipinski definition) is 1. The van der Waals surface area contributed by atoms with Crippen LogP contribution < -0.4 is 0 Å². The van der Waals surface area contributed by atoms with Crippen molar-refractivity contribution in [2.45, 2.75) is 0 Å². The van der Waals surface area contributed by atoms with Crippen LogP contribution in [-0.4, -0.2) is 0 Å². The third-order valence-electron chi connectivity index (χ3n) is 0.963. The van der Waals surface area contributed by atoms with E-state index in [2.05, 4.69) is 4.98 Å². The summed E-state index contributed by atoms with van der Waals surface area (Å²) >= 11 is 11.1. The largest absolute Gasteiger partial charge is 0.388 e. The predicted molar refractivity (Wildman–Crippen MR) is 41.2 cm³/mol. The smallest absolute Gasteiger partial charge is 0.0840 e. The molecule has 4 heteroatoms. The highest BCUT2D eigenvalue weighted by Crippen LogP contribution is 2.23. The quantitative estimate of drug-likeness (QED) is 0.553. The minimum absolute atomic E-state index is 0.359. The highest BCUT2D eigenvalue weighted by Gasteiger charge is 2.05. The first-order valence-corrected chi connectivity index (χ1v) is 3.29. The summed E-state index contributed by atoms with van der Waals surface area (Å²) in [4.78, 5) is 2.92. The van der Waals surface area contributed by atoms with Gasteiger partial charge in [0.25, 0.3) is 0 Å². The Balaban J connectivity index is 3.22. The van der Waals surface area contributed by atoms with Crippen molar-refractivity contribution >= 4 is 28.9 Å². The minimum Gasteiger partial charge on any atom is -0.0840 e. The Morgan fingerprint density at radius 1 is 1.10 bits per heavy atom. The number of benzene rings is 1. The summed E-state index contributed by atoms with van der Waals surface area (Å²) in [7, 11) is 0. The van der Waals surface area contributed by atoms with Gasteiger partial charge in [0, 0.05) is 0 Å². The van der Waals surface area contributed by atoms with Gasteiger partial charge in [0.2, 0.25) is 5.39 Å². The third kappa shape index (κ3) is 1.60. The lowest BCUT2D eigenvalue weighted by Crippen LogP contribution is -1.64. The molecule has 0 saturated carbocycles. The summed E-state index contributed by atoms with van der Waals surface area (Å²) in [5, 5.41) is 9.21. The second-order valence-electron chi connectivity index (χ2n) is 1.73. The summed E-state index contributed by atoms with van der Waals surface area (Å²) in [5.41, 5.74) is 0.359. The maximum absolute atomic E-state index is 8.29. The van der Waals surface area contributed by atoms with Crippen molar-refractivity contribution in [1.82, 2.24) is 0 Å². The maximum Gasteiger partial charge on any atom is 0.388 e. The molecule has 0 aliphatic carbocycles. The molecule has 50 valence electrons. The number of diazo groups is 1. The molecule has 0 amide bonds. The monoisotopic (exact) mass is 173 g/mol. The van der Waals surface area contributed by atoms with Crippen molar-refractivity contribution in [2.75, 3.05) is 0 Å². The molecule has 0 aliphatic rings. The van der Waals surface area contributed by atoms with Gasteiger partial charge < -0.3 is 0 Å². The van der Waals surface area contributed by atoms with Gasteiger partial charge in [-0.15, -0.1) is 0 Å². The molecule has 0 radical (unpaired) electrons. The van der Waals surface area contributed by atoms with E-state index in [1.165, 1.54) is 12.1 Å². The molecule has 1 aromatic carbocycles. The van der Waals surface area contributed by atoms with Crippen LogP contribution in [0.1, 0.15) is 0 Å². The summed E-state index contributed by atoms with van der Waals surface area (Å²) in [6.07, 6.45) is 0. The number of hydrogen-bond donors (Lipinski definition) is 0. The Morgan fingerprint density at radius 2 is 1.60 bits per heavy atom. The molecule has 0 bridgehead atoms. The fraction of sp³-hybridized carbons (Fsp3) is 0. The molecule has 0 atom stereocenters. The highest BCUT2D eigenvalue weighted by atomic mass is 35.5. The standard InChI is InChI=1S/C6H3Cl2N2/c7-4-1-5(8)3-6(2-4)10-9/h1-3H/q+1. The first-order chi connectivity index (χ1) is 4.72. The van der Waals surface area contributed by atoms with Crippen molar-refractivity contribution < 1.29 is 0 Å². The lowest BCUT2D eigenvalue weighted by atomic mass is 10.3.